The van der Waals surface area contributed by atoms with Crippen molar-refractivity contribution < 1.29 is 23.8 Å². The highest BCUT2D eigenvalue weighted by Gasteiger charge is 2.46. The summed E-state index contributed by atoms with van der Waals surface area (Å²) in [6.45, 7) is 7.42. The van der Waals surface area contributed by atoms with Crippen LogP contribution in [0.3, 0.4) is 0 Å². The van der Waals surface area contributed by atoms with Crippen LogP contribution < -0.4 is 5.32 Å². The molecule has 0 saturated carbocycles. The molecule has 0 aliphatic carbocycles. The van der Waals surface area contributed by atoms with E-state index in [4.69, 9.17) is 14.2 Å². The van der Waals surface area contributed by atoms with E-state index in [1.807, 2.05) is 0 Å². The summed E-state index contributed by atoms with van der Waals surface area (Å²) in [7, 11) is 0. The van der Waals surface area contributed by atoms with Gasteiger partial charge in [0, 0.05) is 19.5 Å². The lowest BCUT2D eigenvalue weighted by atomic mass is 9.84. The summed E-state index contributed by atoms with van der Waals surface area (Å²) in [6.07, 6.45) is 0.0741. The molecule has 6 nitrogen and oxygen atoms in total. The Hall–Kier alpha value is -1.14. The molecule has 0 radical (unpaired) electrons. The van der Waals surface area contributed by atoms with Crippen LogP contribution in [0.25, 0.3) is 0 Å². The van der Waals surface area contributed by atoms with Gasteiger partial charge in [0.1, 0.15) is 0 Å². The molecule has 1 atom stereocenters. The van der Waals surface area contributed by atoms with Crippen molar-refractivity contribution in [2.45, 2.75) is 33.3 Å². The lowest BCUT2D eigenvalue weighted by Crippen LogP contribution is -2.47. The topological polar surface area (TPSA) is 73.9 Å². The molecule has 1 heterocycles. The summed E-state index contributed by atoms with van der Waals surface area (Å²) in [5.74, 6) is -1.11. The number of hydrogen-bond acceptors (Lipinski definition) is 6. The highest BCUT2D eigenvalue weighted by molar-refractivity contribution is 5.99. The van der Waals surface area contributed by atoms with Gasteiger partial charge in [-0.3, -0.25) is 9.59 Å². The van der Waals surface area contributed by atoms with Gasteiger partial charge in [-0.1, -0.05) is 0 Å². The standard InChI is InChI=1S/C13H23NO5/c1-4-17-11(15)13(3,12(16)18-5-2)8-10-9-14-6-7-19-10/h10,14H,4-9H2,1-3H3/t10-/m0/s1. The highest BCUT2D eigenvalue weighted by Crippen LogP contribution is 2.29. The Balaban J connectivity index is 2.77. The molecule has 1 saturated heterocycles. The van der Waals surface area contributed by atoms with Crippen LogP contribution in [0.2, 0.25) is 0 Å². The molecule has 0 spiro atoms. The predicted octanol–water partition coefficient (Wildman–Crippen LogP) is 0.497. The Kier molecular flexibility index (Phi) is 6.24. The van der Waals surface area contributed by atoms with Gasteiger partial charge in [0.2, 0.25) is 0 Å². The van der Waals surface area contributed by atoms with Crippen molar-refractivity contribution in [3.8, 4) is 0 Å². The molecule has 0 aromatic carbocycles. The summed E-state index contributed by atoms with van der Waals surface area (Å²) in [5.41, 5.74) is -1.31. The van der Waals surface area contributed by atoms with Gasteiger partial charge in [0.05, 0.1) is 25.9 Å². The minimum Gasteiger partial charge on any atom is -0.465 e. The van der Waals surface area contributed by atoms with Crippen LogP contribution in [0.4, 0.5) is 0 Å². The van der Waals surface area contributed by atoms with Crippen molar-refractivity contribution in [2.24, 2.45) is 5.41 Å². The molecular weight excluding hydrogens is 250 g/mol. The van der Waals surface area contributed by atoms with Crippen LogP contribution in [0, 0.1) is 5.41 Å². The molecule has 1 aliphatic heterocycles. The largest absolute Gasteiger partial charge is 0.465 e. The van der Waals surface area contributed by atoms with Crippen molar-refractivity contribution in [3.63, 3.8) is 0 Å². The first-order chi connectivity index (χ1) is 9.04. The van der Waals surface area contributed by atoms with Crippen molar-refractivity contribution >= 4 is 11.9 Å². The van der Waals surface area contributed by atoms with E-state index in [1.165, 1.54) is 0 Å². The zero-order chi connectivity index (χ0) is 14.3. The minimum atomic E-state index is -1.31. The van der Waals surface area contributed by atoms with Gasteiger partial charge < -0.3 is 19.5 Å². The number of esters is 2. The van der Waals surface area contributed by atoms with Gasteiger partial charge in [-0.25, -0.2) is 0 Å². The third-order valence-corrected chi connectivity index (χ3v) is 3.09. The van der Waals surface area contributed by atoms with Crippen LogP contribution in [0.1, 0.15) is 27.2 Å². The predicted molar refractivity (Wildman–Crippen MR) is 68.6 cm³/mol. The second-order valence-electron chi connectivity index (χ2n) is 4.67. The monoisotopic (exact) mass is 273 g/mol. The van der Waals surface area contributed by atoms with Gasteiger partial charge >= 0.3 is 11.9 Å². The fourth-order valence-electron chi connectivity index (χ4n) is 2.04. The maximum atomic E-state index is 12.1. The number of morpholine rings is 1. The molecular formula is C13H23NO5. The number of nitrogens with one attached hydrogen (secondary N) is 1. The van der Waals surface area contributed by atoms with E-state index in [-0.39, 0.29) is 25.7 Å². The normalized spacial score (nSPS) is 19.8. The summed E-state index contributed by atoms with van der Waals surface area (Å²) in [6, 6.07) is 0. The minimum absolute atomic E-state index is 0.187. The summed E-state index contributed by atoms with van der Waals surface area (Å²) < 4.78 is 15.6. The zero-order valence-corrected chi connectivity index (χ0v) is 11.9. The maximum absolute atomic E-state index is 12.1. The first-order valence-corrected chi connectivity index (χ1v) is 6.71. The molecule has 19 heavy (non-hydrogen) atoms. The Morgan fingerprint density at radius 3 is 2.26 bits per heavy atom. The van der Waals surface area contributed by atoms with Crippen molar-refractivity contribution in [3.05, 3.63) is 0 Å². The van der Waals surface area contributed by atoms with Crippen LogP contribution >= 0.6 is 0 Å². The van der Waals surface area contributed by atoms with Crippen LogP contribution in [0.5, 0.6) is 0 Å². The Labute approximate surface area is 113 Å². The first kappa shape index (κ1) is 15.9. The summed E-state index contributed by atoms with van der Waals surface area (Å²) in [4.78, 5) is 24.1. The Bertz CT molecular complexity index is 294. The molecule has 0 aromatic rings. The number of carbonyl (C=O) groups excluding carboxylic acids is 2. The molecule has 6 heteroatoms. The van der Waals surface area contributed by atoms with E-state index >= 15 is 0 Å². The van der Waals surface area contributed by atoms with Crippen LogP contribution in [-0.2, 0) is 23.8 Å². The first-order valence-electron chi connectivity index (χ1n) is 6.71. The smallest absolute Gasteiger partial charge is 0.323 e. The van der Waals surface area contributed by atoms with Gasteiger partial charge in [0.25, 0.3) is 0 Å². The number of hydrogen-bond donors (Lipinski definition) is 1. The third kappa shape index (κ3) is 4.18. The van der Waals surface area contributed by atoms with E-state index in [1.54, 1.807) is 20.8 Å². The van der Waals surface area contributed by atoms with Crippen LogP contribution in [-0.4, -0.2) is 51.0 Å². The van der Waals surface area contributed by atoms with E-state index in [9.17, 15) is 9.59 Å². The molecule has 0 bridgehead atoms. The quantitative estimate of drug-likeness (QED) is 0.561. The molecule has 0 unspecified atom stereocenters. The van der Waals surface area contributed by atoms with Crippen molar-refractivity contribution in [2.75, 3.05) is 32.9 Å². The fraction of sp³-hybridized carbons (Fsp3) is 0.846. The zero-order valence-electron chi connectivity index (χ0n) is 11.9. The molecule has 0 amide bonds. The molecule has 1 rings (SSSR count). The average molecular weight is 273 g/mol. The number of ether oxygens (including phenoxy) is 3. The van der Waals surface area contributed by atoms with Gasteiger partial charge in [-0.15, -0.1) is 0 Å². The molecule has 1 aliphatic rings. The lowest BCUT2D eigenvalue weighted by Gasteiger charge is -2.31. The SMILES string of the molecule is CCOC(=O)C(C)(C[C@H]1CNCCO1)C(=O)OCC. The average Bonchev–Trinajstić information content (AvgIpc) is 2.40. The van der Waals surface area contributed by atoms with E-state index < -0.39 is 17.4 Å². The highest BCUT2D eigenvalue weighted by atomic mass is 16.6. The third-order valence-electron chi connectivity index (χ3n) is 3.09. The number of carbonyl (C=O) groups is 2. The Morgan fingerprint density at radius 1 is 1.26 bits per heavy atom. The van der Waals surface area contributed by atoms with Gasteiger partial charge in [0.15, 0.2) is 5.41 Å². The molecule has 110 valence electrons. The van der Waals surface area contributed by atoms with Crippen molar-refractivity contribution in [1.29, 1.82) is 0 Å². The lowest BCUT2D eigenvalue weighted by molar-refractivity contribution is -0.174. The maximum Gasteiger partial charge on any atom is 0.323 e. The van der Waals surface area contributed by atoms with Crippen LogP contribution in [0.15, 0.2) is 0 Å². The molecule has 0 aromatic heterocycles. The Morgan fingerprint density at radius 2 is 1.84 bits per heavy atom. The molecule has 1 fully saturated rings. The van der Waals surface area contributed by atoms with E-state index in [0.29, 0.717) is 13.2 Å². The van der Waals surface area contributed by atoms with E-state index in [0.717, 1.165) is 6.54 Å². The summed E-state index contributed by atoms with van der Waals surface area (Å²) in [5, 5.41) is 3.17. The second-order valence-corrected chi connectivity index (χ2v) is 4.67. The van der Waals surface area contributed by atoms with E-state index in [2.05, 4.69) is 5.32 Å². The van der Waals surface area contributed by atoms with Crippen molar-refractivity contribution in [1.82, 2.24) is 5.32 Å². The molecule has 1 N–H and O–H groups in total. The summed E-state index contributed by atoms with van der Waals surface area (Å²) >= 11 is 0. The van der Waals surface area contributed by atoms with Gasteiger partial charge in [-0.2, -0.15) is 0 Å². The number of rotatable bonds is 6. The van der Waals surface area contributed by atoms with Gasteiger partial charge in [-0.05, 0) is 20.8 Å². The fourth-order valence-corrected chi connectivity index (χ4v) is 2.04. The second kappa shape index (κ2) is 7.45.